The van der Waals surface area contributed by atoms with Crippen molar-refractivity contribution in [1.29, 1.82) is 0 Å². The van der Waals surface area contributed by atoms with Crippen molar-refractivity contribution >= 4 is 17.6 Å². The minimum Gasteiger partial charge on any atom is -0.493 e. The average Bonchev–Trinajstić information content (AvgIpc) is 3.45. The highest BCUT2D eigenvalue weighted by molar-refractivity contribution is 6.08. The van der Waals surface area contributed by atoms with Crippen LogP contribution in [-0.4, -0.2) is 25.6 Å². The van der Waals surface area contributed by atoms with E-state index in [0.29, 0.717) is 22.7 Å². The molecule has 130 valence electrons. The van der Waals surface area contributed by atoms with Gasteiger partial charge in [-0.25, -0.2) is 4.79 Å². The van der Waals surface area contributed by atoms with Gasteiger partial charge in [-0.3, -0.25) is 4.79 Å². The van der Waals surface area contributed by atoms with Crippen molar-refractivity contribution in [3.05, 3.63) is 59.2 Å². The molecule has 1 fully saturated rings. The zero-order valence-corrected chi connectivity index (χ0v) is 14.4. The highest BCUT2D eigenvalue weighted by atomic mass is 16.5. The topological polar surface area (TPSA) is 64.6 Å². The van der Waals surface area contributed by atoms with E-state index in [-0.39, 0.29) is 5.91 Å². The lowest BCUT2D eigenvalue weighted by molar-refractivity contribution is 0.0602. The number of aryl methyl sites for hydroxylation is 1. The molecule has 5 nitrogen and oxygen atoms in total. The van der Waals surface area contributed by atoms with Crippen molar-refractivity contribution in [2.45, 2.75) is 19.8 Å². The molecule has 1 saturated carbocycles. The summed E-state index contributed by atoms with van der Waals surface area (Å²) in [7, 11) is 1.32. The van der Waals surface area contributed by atoms with E-state index in [9.17, 15) is 9.59 Å². The first-order chi connectivity index (χ1) is 12.1. The zero-order chi connectivity index (χ0) is 17.8. The van der Waals surface area contributed by atoms with Crippen LogP contribution < -0.4 is 10.1 Å². The van der Waals surface area contributed by atoms with Crippen LogP contribution in [0.4, 0.5) is 5.69 Å². The van der Waals surface area contributed by atoms with E-state index in [2.05, 4.69) is 5.32 Å². The lowest BCUT2D eigenvalue weighted by Crippen LogP contribution is -2.16. The molecule has 25 heavy (non-hydrogen) atoms. The quantitative estimate of drug-likeness (QED) is 0.813. The van der Waals surface area contributed by atoms with Gasteiger partial charge in [-0.05, 0) is 61.6 Å². The van der Waals surface area contributed by atoms with E-state index >= 15 is 0 Å². The Morgan fingerprint density at radius 3 is 2.48 bits per heavy atom. The van der Waals surface area contributed by atoms with Crippen molar-refractivity contribution in [1.82, 2.24) is 0 Å². The molecule has 2 aromatic rings. The number of ether oxygens (including phenoxy) is 2. The predicted molar refractivity (Wildman–Crippen MR) is 95.1 cm³/mol. The molecule has 2 aromatic carbocycles. The van der Waals surface area contributed by atoms with Crippen LogP contribution in [-0.2, 0) is 4.74 Å². The zero-order valence-electron chi connectivity index (χ0n) is 14.4. The SMILES string of the molecule is COC(=O)c1cccc(C)c1NC(=O)c1ccc(OCC2CC2)cc1. The molecule has 0 radical (unpaired) electrons. The lowest BCUT2D eigenvalue weighted by atomic mass is 10.1. The van der Waals surface area contributed by atoms with Crippen LogP contribution >= 0.6 is 0 Å². The molecule has 0 heterocycles. The normalized spacial score (nSPS) is 13.2. The highest BCUT2D eigenvalue weighted by Gasteiger charge is 2.22. The largest absolute Gasteiger partial charge is 0.493 e. The third kappa shape index (κ3) is 4.18. The van der Waals surface area contributed by atoms with Crippen molar-refractivity contribution in [3.63, 3.8) is 0 Å². The molecular formula is C20H21NO4. The molecule has 5 heteroatoms. The number of hydrogen-bond donors (Lipinski definition) is 1. The molecule has 0 bridgehead atoms. The number of para-hydroxylation sites is 1. The van der Waals surface area contributed by atoms with E-state index in [1.54, 1.807) is 36.4 Å². The summed E-state index contributed by atoms with van der Waals surface area (Å²) in [6.07, 6.45) is 2.47. The highest BCUT2D eigenvalue weighted by Crippen LogP contribution is 2.29. The number of rotatable bonds is 6. The van der Waals surface area contributed by atoms with Gasteiger partial charge in [-0.15, -0.1) is 0 Å². The van der Waals surface area contributed by atoms with Crippen LogP contribution in [0.2, 0.25) is 0 Å². The number of anilines is 1. The molecule has 0 aliphatic heterocycles. The Kier molecular flexibility index (Phi) is 5.03. The van der Waals surface area contributed by atoms with Crippen molar-refractivity contribution in [2.24, 2.45) is 5.92 Å². The third-order valence-corrected chi connectivity index (χ3v) is 4.22. The molecular weight excluding hydrogens is 318 g/mol. The third-order valence-electron chi connectivity index (χ3n) is 4.22. The smallest absolute Gasteiger partial charge is 0.339 e. The summed E-state index contributed by atoms with van der Waals surface area (Å²) in [6, 6.07) is 12.2. The molecule has 1 N–H and O–H groups in total. The van der Waals surface area contributed by atoms with Gasteiger partial charge in [0.05, 0.1) is 25.0 Å². The van der Waals surface area contributed by atoms with Gasteiger partial charge in [-0.1, -0.05) is 12.1 Å². The summed E-state index contributed by atoms with van der Waals surface area (Å²) < 4.78 is 10.5. The summed E-state index contributed by atoms with van der Waals surface area (Å²) in [5.41, 5.74) is 2.09. The van der Waals surface area contributed by atoms with Gasteiger partial charge in [0, 0.05) is 5.56 Å². The first kappa shape index (κ1) is 17.0. The number of nitrogens with one attached hydrogen (secondary N) is 1. The van der Waals surface area contributed by atoms with E-state index in [1.807, 2.05) is 13.0 Å². The maximum atomic E-state index is 12.5. The maximum absolute atomic E-state index is 12.5. The van der Waals surface area contributed by atoms with Gasteiger partial charge in [0.2, 0.25) is 0 Å². The number of methoxy groups -OCH3 is 1. The number of hydrogen-bond acceptors (Lipinski definition) is 4. The van der Waals surface area contributed by atoms with Gasteiger partial charge < -0.3 is 14.8 Å². The fourth-order valence-corrected chi connectivity index (χ4v) is 2.50. The van der Waals surface area contributed by atoms with E-state index in [4.69, 9.17) is 9.47 Å². The van der Waals surface area contributed by atoms with Crippen LogP contribution in [0, 0.1) is 12.8 Å². The second-order valence-electron chi connectivity index (χ2n) is 6.22. The van der Waals surface area contributed by atoms with Gasteiger partial charge in [-0.2, -0.15) is 0 Å². The fraction of sp³-hybridized carbons (Fsp3) is 0.300. The molecule has 0 atom stereocenters. The Morgan fingerprint density at radius 2 is 1.84 bits per heavy atom. The second kappa shape index (κ2) is 7.38. The van der Waals surface area contributed by atoms with Crippen LogP contribution in [0.1, 0.15) is 39.1 Å². The van der Waals surface area contributed by atoms with Crippen LogP contribution in [0.5, 0.6) is 5.75 Å². The Labute approximate surface area is 147 Å². The Morgan fingerprint density at radius 1 is 1.12 bits per heavy atom. The van der Waals surface area contributed by atoms with Gasteiger partial charge >= 0.3 is 5.97 Å². The Balaban J connectivity index is 1.72. The summed E-state index contributed by atoms with van der Waals surface area (Å²) in [6.45, 7) is 2.56. The molecule has 0 spiro atoms. The Bertz CT molecular complexity index is 779. The maximum Gasteiger partial charge on any atom is 0.339 e. The second-order valence-corrected chi connectivity index (χ2v) is 6.22. The van der Waals surface area contributed by atoms with E-state index in [0.717, 1.165) is 17.9 Å². The molecule has 1 aliphatic carbocycles. The van der Waals surface area contributed by atoms with Gasteiger partial charge in [0.1, 0.15) is 5.75 Å². The molecule has 0 saturated heterocycles. The minimum absolute atomic E-state index is 0.284. The number of carbonyl (C=O) groups is 2. The van der Waals surface area contributed by atoms with E-state index < -0.39 is 5.97 Å². The van der Waals surface area contributed by atoms with E-state index in [1.165, 1.54) is 20.0 Å². The molecule has 1 aliphatic rings. The van der Waals surface area contributed by atoms with Gasteiger partial charge in [0.15, 0.2) is 0 Å². The molecule has 1 amide bonds. The predicted octanol–water partition coefficient (Wildman–Crippen LogP) is 3.82. The first-order valence-corrected chi connectivity index (χ1v) is 8.30. The average molecular weight is 339 g/mol. The van der Waals surface area contributed by atoms with Crippen LogP contribution in [0.3, 0.4) is 0 Å². The first-order valence-electron chi connectivity index (χ1n) is 8.30. The fourth-order valence-electron chi connectivity index (χ4n) is 2.50. The summed E-state index contributed by atoms with van der Waals surface area (Å²) in [5.74, 6) is 0.673. The van der Waals surface area contributed by atoms with Crippen molar-refractivity contribution in [2.75, 3.05) is 19.0 Å². The number of carbonyl (C=O) groups excluding carboxylic acids is 2. The standard InChI is InChI=1S/C20H21NO4/c1-13-4-3-5-17(20(23)24-2)18(13)21-19(22)15-8-10-16(11-9-15)25-12-14-6-7-14/h3-5,8-11,14H,6-7,12H2,1-2H3,(H,21,22). The minimum atomic E-state index is -0.483. The number of esters is 1. The molecule has 0 aromatic heterocycles. The number of benzene rings is 2. The van der Waals surface area contributed by atoms with Crippen LogP contribution in [0.15, 0.2) is 42.5 Å². The van der Waals surface area contributed by atoms with Crippen LogP contribution in [0.25, 0.3) is 0 Å². The monoisotopic (exact) mass is 339 g/mol. The molecule has 3 rings (SSSR count). The summed E-state index contributed by atoms with van der Waals surface area (Å²) >= 11 is 0. The van der Waals surface area contributed by atoms with Crippen molar-refractivity contribution in [3.8, 4) is 5.75 Å². The molecule has 0 unspecified atom stereocenters. The lowest BCUT2D eigenvalue weighted by Gasteiger charge is -2.13. The summed E-state index contributed by atoms with van der Waals surface area (Å²) in [5, 5.41) is 2.81. The van der Waals surface area contributed by atoms with Gasteiger partial charge in [0.25, 0.3) is 5.91 Å². The summed E-state index contributed by atoms with van der Waals surface area (Å²) in [4.78, 5) is 24.4. The Hall–Kier alpha value is -2.82. The van der Waals surface area contributed by atoms with Crippen molar-refractivity contribution < 1.29 is 19.1 Å². The number of amides is 1.